The maximum atomic E-state index is 12.5. The minimum absolute atomic E-state index is 0.102. The lowest BCUT2D eigenvalue weighted by molar-refractivity contribution is -0.191. The predicted molar refractivity (Wildman–Crippen MR) is 130 cm³/mol. The summed E-state index contributed by atoms with van der Waals surface area (Å²) >= 11 is 0. The Kier molecular flexibility index (Phi) is 6.48. The van der Waals surface area contributed by atoms with Crippen LogP contribution in [0.5, 0.6) is 11.5 Å². The minimum Gasteiger partial charge on any atom is -0.504 e. The Hall–Kier alpha value is -1.42. The zero-order valence-corrected chi connectivity index (χ0v) is 20.8. The molecule has 3 fully saturated rings. The van der Waals surface area contributed by atoms with Gasteiger partial charge in [0, 0.05) is 37.8 Å². The molecule has 1 aromatic carbocycles. The van der Waals surface area contributed by atoms with Gasteiger partial charge in [0.2, 0.25) is 0 Å². The molecule has 2 heterocycles. The molecular weight excluding hydrogens is 448 g/mol. The Morgan fingerprint density at radius 2 is 1.89 bits per heavy atom. The van der Waals surface area contributed by atoms with Gasteiger partial charge in [0.05, 0.1) is 44.1 Å². The van der Waals surface area contributed by atoms with E-state index >= 15 is 0 Å². The van der Waals surface area contributed by atoms with Crippen LogP contribution in [-0.2, 0) is 26.0 Å². The van der Waals surface area contributed by atoms with Gasteiger partial charge < -0.3 is 34.5 Å². The van der Waals surface area contributed by atoms with Crippen molar-refractivity contribution >= 4 is 0 Å². The van der Waals surface area contributed by atoms with Gasteiger partial charge in [-0.3, -0.25) is 4.90 Å². The summed E-state index contributed by atoms with van der Waals surface area (Å²) in [6, 6.07) is 4.06. The molecule has 194 valence electrons. The molecule has 2 unspecified atom stereocenters. The number of hydrogen-bond acceptors (Lipinski definition) is 8. The largest absolute Gasteiger partial charge is 0.504 e. The molecule has 2 saturated carbocycles. The molecule has 0 amide bonds. The number of ether oxygens (including phenoxy) is 4. The van der Waals surface area contributed by atoms with Gasteiger partial charge in [-0.1, -0.05) is 6.07 Å². The summed E-state index contributed by atoms with van der Waals surface area (Å²) in [6.07, 6.45) is 5.75. The molecule has 2 bridgehead atoms. The minimum atomic E-state index is -0.828. The Morgan fingerprint density at radius 3 is 2.69 bits per heavy atom. The zero-order valence-electron chi connectivity index (χ0n) is 20.8. The molecule has 3 N–H and O–H groups in total. The monoisotopic (exact) mass is 488 g/mol. The number of methoxy groups -OCH3 is 1. The number of nitrogens with one attached hydrogen (secondary N) is 1. The molecule has 5 atom stereocenters. The number of likely N-dealkylation sites (tertiary alicyclic amines) is 1. The highest BCUT2D eigenvalue weighted by molar-refractivity contribution is 5.62. The third-order valence-corrected chi connectivity index (χ3v) is 9.22. The molecule has 1 spiro atoms. The van der Waals surface area contributed by atoms with Gasteiger partial charge >= 0.3 is 0 Å². The van der Waals surface area contributed by atoms with E-state index in [0.29, 0.717) is 45.3 Å². The van der Waals surface area contributed by atoms with Crippen molar-refractivity contribution in [3.05, 3.63) is 23.3 Å². The smallest absolute Gasteiger partial charge is 0.165 e. The van der Waals surface area contributed by atoms with Crippen LogP contribution in [0, 0.1) is 5.92 Å². The molecule has 0 aromatic heterocycles. The number of aromatic hydroxyl groups is 1. The molecular formula is C27H40N2O6. The van der Waals surface area contributed by atoms with Crippen molar-refractivity contribution in [2.24, 2.45) is 5.92 Å². The number of rotatable bonds is 12. The number of benzene rings is 1. The van der Waals surface area contributed by atoms with E-state index in [-0.39, 0.29) is 23.9 Å². The fourth-order valence-electron chi connectivity index (χ4n) is 7.47. The van der Waals surface area contributed by atoms with Gasteiger partial charge in [0.25, 0.3) is 0 Å². The Labute approximate surface area is 207 Å². The Morgan fingerprint density at radius 1 is 1.09 bits per heavy atom. The molecule has 8 heteroatoms. The first-order valence-corrected chi connectivity index (χ1v) is 13.4. The van der Waals surface area contributed by atoms with Crippen LogP contribution in [0.15, 0.2) is 12.1 Å². The fraction of sp³-hybridized carbons (Fsp3) is 0.778. The summed E-state index contributed by atoms with van der Waals surface area (Å²) in [5, 5.41) is 26.9. The van der Waals surface area contributed by atoms with Crippen LogP contribution in [0.3, 0.4) is 0 Å². The molecule has 2 aliphatic heterocycles. The first-order valence-electron chi connectivity index (χ1n) is 13.4. The SMILES string of the molecule is COCCOCCOCCN[C@@H]1CC[C@@]2(O)C3Cc4ccc(O)c5c4C2(CCN3CC2CC2)[C@H]1O5. The van der Waals surface area contributed by atoms with Crippen molar-refractivity contribution in [2.45, 2.75) is 67.7 Å². The average molecular weight is 489 g/mol. The van der Waals surface area contributed by atoms with Crippen LogP contribution < -0.4 is 10.1 Å². The van der Waals surface area contributed by atoms with Crippen molar-refractivity contribution < 1.29 is 29.2 Å². The standard InChI is InChI=1S/C27H40N2O6/c1-32-12-13-34-15-14-33-11-9-28-20-6-7-27(31)22-16-19-4-5-21(30)24-23(19)26(27,25(20)35-24)8-10-29(22)17-18-2-3-18/h4-5,18,20,22,25,28,30-31H,2-3,6-17H2,1H3/t20-,22?,25+,26?,27-/m1/s1. The van der Waals surface area contributed by atoms with Crippen LogP contribution in [0.2, 0.25) is 0 Å². The predicted octanol–water partition coefficient (Wildman–Crippen LogP) is 1.59. The molecule has 35 heavy (non-hydrogen) atoms. The van der Waals surface area contributed by atoms with E-state index in [2.05, 4.69) is 16.3 Å². The summed E-state index contributed by atoms with van der Waals surface area (Å²) in [7, 11) is 1.66. The third kappa shape index (κ3) is 3.88. The number of piperidine rings is 1. The van der Waals surface area contributed by atoms with E-state index in [1.165, 1.54) is 18.4 Å². The van der Waals surface area contributed by atoms with Crippen LogP contribution in [0.25, 0.3) is 0 Å². The number of phenolic OH excluding ortho intramolecular Hbond substituents is 1. The lowest BCUT2D eigenvalue weighted by Gasteiger charge is -2.64. The quantitative estimate of drug-likeness (QED) is 0.382. The summed E-state index contributed by atoms with van der Waals surface area (Å²) < 4.78 is 22.8. The summed E-state index contributed by atoms with van der Waals surface area (Å²) in [4.78, 5) is 2.57. The van der Waals surface area contributed by atoms with E-state index < -0.39 is 11.0 Å². The number of nitrogens with zero attached hydrogens (tertiary/aromatic N) is 1. The molecule has 3 aliphatic carbocycles. The Balaban J connectivity index is 1.17. The van der Waals surface area contributed by atoms with Gasteiger partial charge in [-0.25, -0.2) is 0 Å². The van der Waals surface area contributed by atoms with E-state index in [1.807, 2.05) is 0 Å². The van der Waals surface area contributed by atoms with Gasteiger partial charge in [-0.05, 0) is 62.6 Å². The van der Waals surface area contributed by atoms with Crippen LogP contribution in [0.1, 0.15) is 43.2 Å². The second-order valence-electron chi connectivity index (χ2n) is 11.1. The van der Waals surface area contributed by atoms with Crippen LogP contribution in [0.4, 0.5) is 0 Å². The topological polar surface area (TPSA) is 92.7 Å². The van der Waals surface area contributed by atoms with Crippen molar-refractivity contribution in [3.63, 3.8) is 0 Å². The third-order valence-electron chi connectivity index (χ3n) is 9.22. The highest BCUT2D eigenvalue weighted by Crippen LogP contribution is 2.65. The normalized spacial score (nSPS) is 35.1. The molecule has 1 aromatic rings. The number of aliphatic hydroxyl groups is 1. The second kappa shape index (κ2) is 9.47. The molecule has 1 saturated heterocycles. The lowest BCUT2D eigenvalue weighted by atomic mass is 9.48. The number of hydrogen-bond donors (Lipinski definition) is 3. The van der Waals surface area contributed by atoms with E-state index in [0.717, 1.165) is 50.3 Å². The lowest BCUT2D eigenvalue weighted by Crippen LogP contribution is -2.78. The van der Waals surface area contributed by atoms with Crippen LogP contribution >= 0.6 is 0 Å². The summed E-state index contributed by atoms with van der Waals surface area (Å²) in [6.45, 7) is 5.68. The summed E-state index contributed by atoms with van der Waals surface area (Å²) in [5.41, 5.74) is 1.03. The zero-order chi connectivity index (χ0) is 24.0. The molecule has 6 rings (SSSR count). The van der Waals surface area contributed by atoms with E-state index in [9.17, 15) is 10.2 Å². The fourth-order valence-corrected chi connectivity index (χ4v) is 7.47. The summed E-state index contributed by atoms with van der Waals surface area (Å²) in [5.74, 6) is 1.60. The van der Waals surface area contributed by atoms with Crippen molar-refractivity contribution in [2.75, 3.05) is 59.8 Å². The van der Waals surface area contributed by atoms with Gasteiger partial charge in [-0.2, -0.15) is 0 Å². The maximum Gasteiger partial charge on any atom is 0.165 e. The first kappa shape index (κ1) is 23.9. The van der Waals surface area contributed by atoms with E-state index in [1.54, 1.807) is 13.2 Å². The van der Waals surface area contributed by atoms with Crippen molar-refractivity contribution in [3.8, 4) is 11.5 Å². The molecule has 8 nitrogen and oxygen atoms in total. The highest BCUT2D eigenvalue weighted by Gasteiger charge is 2.72. The van der Waals surface area contributed by atoms with E-state index in [4.69, 9.17) is 18.9 Å². The average Bonchev–Trinajstić information content (AvgIpc) is 3.59. The first-order chi connectivity index (χ1) is 17.1. The molecule has 0 radical (unpaired) electrons. The van der Waals surface area contributed by atoms with Gasteiger partial charge in [0.15, 0.2) is 11.5 Å². The number of phenols is 1. The maximum absolute atomic E-state index is 12.5. The van der Waals surface area contributed by atoms with Crippen LogP contribution in [-0.4, -0.2) is 98.7 Å². The second-order valence-corrected chi connectivity index (χ2v) is 11.1. The van der Waals surface area contributed by atoms with Crippen molar-refractivity contribution in [1.82, 2.24) is 10.2 Å². The highest BCUT2D eigenvalue weighted by atomic mass is 16.5. The van der Waals surface area contributed by atoms with Crippen molar-refractivity contribution in [1.29, 1.82) is 0 Å². The van der Waals surface area contributed by atoms with Gasteiger partial charge in [-0.15, -0.1) is 0 Å². The van der Waals surface area contributed by atoms with Gasteiger partial charge in [0.1, 0.15) is 6.10 Å². The molecule has 5 aliphatic rings. The Bertz CT molecular complexity index is 925.